The maximum absolute atomic E-state index is 13.2. The van der Waals surface area contributed by atoms with E-state index in [1.165, 1.54) is 40.9 Å². The number of methoxy groups -OCH3 is 1. The highest BCUT2D eigenvalue weighted by Gasteiger charge is 2.22. The summed E-state index contributed by atoms with van der Waals surface area (Å²) >= 11 is 6.33. The minimum absolute atomic E-state index is 0.00550. The summed E-state index contributed by atoms with van der Waals surface area (Å²) in [5.74, 6) is -1.06. The Kier molecular flexibility index (Phi) is 7.32. The van der Waals surface area contributed by atoms with Crippen LogP contribution in [-0.2, 0) is 23.1 Å². The number of ether oxygens (including phenoxy) is 2. The van der Waals surface area contributed by atoms with Crippen molar-refractivity contribution in [2.24, 2.45) is 12.8 Å². The Morgan fingerprint density at radius 1 is 1.23 bits per heavy atom. The quantitative estimate of drug-likeness (QED) is 0.301. The van der Waals surface area contributed by atoms with Crippen LogP contribution in [0.3, 0.4) is 0 Å². The Labute approximate surface area is 232 Å². The van der Waals surface area contributed by atoms with E-state index in [1.807, 2.05) is 4.90 Å². The van der Waals surface area contributed by atoms with E-state index < -0.39 is 17.6 Å². The van der Waals surface area contributed by atoms with Gasteiger partial charge >= 0.3 is 0 Å². The number of amides is 2. The van der Waals surface area contributed by atoms with Gasteiger partial charge in [0.1, 0.15) is 18.0 Å². The van der Waals surface area contributed by atoms with Gasteiger partial charge in [0.05, 0.1) is 54.5 Å². The fraction of sp³-hybridized carbons (Fsp3) is 0.269. The van der Waals surface area contributed by atoms with E-state index in [4.69, 9.17) is 26.8 Å². The number of anilines is 2. The number of aromatic hydroxyl groups is 1. The highest BCUT2D eigenvalue weighted by Crippen LogP contribution is 2.37. The summed E-state index contributed by atoms with van der Waals surface area (Å²) in [6.45, 7) is 2.28. The summed E-state index contributed by atoms with van der Waals surface area (Å²) in [4.78, 5) is 49.1. The van der Waals surface area contributed by atoms with Crippen molar-refractivity contribution in [3.63, 3.8) is 0 Å². The molecule has 1 saturated heterocycles. The van der Waals surface area contributed by atoms with Crippen molar-refractivity contribution < 1.29 is 24.2 Å². The number of carbonyl (C=O) groups excluding carboxylic acids is 2. The summed E-state index contributed by atoms with van der Waals surface area (Å²) in [6, 6.07) is 4.53. The maximum atomic E-state index is 13.2. The number of hydrogen-bond acceptors (Lipinski definition) is 9. The van der Waals surface area contributed by atoms with Crippen LogP contribution in [0.4, 0.5) is 11.5 Å². The van der Waals surface area contributed by atoms with E-state index in [9.17, 15) is 19.5 Å². The molecule has 0 atom stereocenters. The van der Waals surface area contributed by atoms with Crippen LogP contribution >= 0.6 is 11.6 Å². The second-order valence-corrected chi connectivity index (χ2v) is 9.55. The zero-order valence-corrected chi connectivity index (χ0v) is 22.4. The lowest BCUT2D eigenvalue weighted by Crippen LogP contribution is -2.36. The van der Waals surface area contributed by atoms with Crippen LogP contribution in [0.5, 0.6) is 11.5 Å². The minimum atomic E-state index is -0.877. The molecule has 4 heterocycles. The van der Waals surface area contributed by atoms with E-state index in [0.717, 1.165) is 0 Å². The molecule has 0 spiro atoms. The number of halogens is 1. The zero-order valence-electron chi connectivity index (χ0n) is 21.7. The fourth-order valence-corrected chi connectivity index (χ4v) is 4.70. The second-order valence-electron chi connectivity index (χ2n) is 9.14. The standard InChI is InChI=1S/C26H26ClN7O6/c1-32-13-30-25-22(26(32)38)16(14-7-15(24(28)37)23(36)19(8-14)39-2)11-34(25)12-21(35)31-18-9-20(29-10-17(18)27)33-3-5-40-6-4-33/h7-11,13,36H,3-6,12H2,1-2H3,(H2,28,37)(H,29,31,35). The second kappa shape index (κ2) is 10.9. The molecule has 1 aliphatic heterocycles. The fourth-order valence-electron chi connectivity index (χ4n) is 4.54. The molecule has 208 valence electrons. The molecule has 0 bridgehead atoms. The molecule has 0 unspecified atom stereocenters. The van der Waals surface area contributed by atoms with Crippen molar-refractivity contribution in [2.75, 3.05) is 43.6 Å². The van der Waals surface area contributed by atoms with Crippen LogP contribution < -0.4 is 26.2 Å². The number of benzene rings is 1. The molecule has 4 N–H and O–H groups in total. The smallest absolute Gasteiger partial charge is 0.263 e. The van der Waals surface area contributed by atoms with Crippen molar-refractivity contribution in [3.05, 3.63) is 57.9 Å². The predicted octanol–water partition coefficient (Wildman–Crippen LogP) is 1.74. The Morgan fingerprint density at radius 3 is 2.67 bits per heavy atom. The molecule has 5 rings (SSSR count). The first-order valence-electron chi connectivity index (χ1n) is 12.2. The lowest BCUT2D eigenvalue weighted by Gasteiger charge is -2.28. The molecule has 1 aliphatic rings. The van der Waals surface area contributed by atoms with E-state index in [0.29, 0.717) is 48.9 Å². The molecule has 2 amide bonds. The van der Waals surface area contributed by atoms with Crippen molar-refractivity contribution >= 4 is 46.0 Å². The van der Waals surface area contributed by atoms with Gasteiger partial charge in [0.15, 0.2) is 11.5 Å². The lowest BCUT2D eigenvalue weighted by atomic mass is 10.0. The van der Waals surface area contributed by atoms with E-state index >= 15 is 0 Å². The molecule has 0 saturated carbocycles. The van der Waals surface area contributed by atoms with Gasteiger partial charge in [0.2, 0.25) is 5.91 Å². The number of pyridine rings is 1. The lowest BCUT2D eigenvalue weighted by molar-refractivity contribution is -0.116. The normalized spacial score (nSPS) is 13.4. The van der Waals surface area contributed by atoms with Gasteiger partial charge in [-0.05, 0) is 17.7 Å². The monoisotopic (exact) mass is 567 g/mol. The summed E-state index contributed by atoms with van der Waals surface area (Å²) in [5, 5.41) is 13.6. The Bertz CT molecular complexity index is 1690. The van der Waals surface area contributed by atoms with Gasteiger partial charge < -0.3 is 39.7 Å². The maximum Gasteiger partial charge on any atom is 0.263 e. The average molecular weight is 568 g/mol. The first-order valence-corrected chi connectivity index (χ1v) is 12.6. The third-order valence-corrected chi connectivity index (χ3v) is 6.87. The van der Waals surface area contributed by atoms with Crippen LogP contribution in [-0.4, -0.2) is 69.4 Å². The van der Waals surface area contributed by atoms with E-state index in [2.05, 4.69) is 15.3 Å². The average Bonchev–Trinajstić information content (AvgIpc) is 3.31. The Hall–Kier alpha value is -4.62. The molecular formula is C26H26ClN7O6. The Morgan fingerprint density at radius 2 is 1.98 bits per heavy atom. The number of primary amides is 1. The number of hydrogen-bond donors (Lipinski definition) is 3. The number of nitrogens with one attached hydrogen (secondary N) is 1. The van der Waals surface area contributed by atoms with Crippen molar-refractivity contribution in [2.45, 2.75) is 6.54 Å². The molecule has 40 heavy (non-hydrogen) atoms. The van der Waals surface area contributed by atoms with E-state index in [1.54, 1.807) is 19.3 Å². The zero-order chi connectivity index (χ0) is 28.6. The van der Waals surface area contributed by atoms with Gasteiger partial charge in [-0.15, -0.1) is 0 Å². The van der Waals surface area contributed by atoms with Crippen LogP contribution in [0.2, 0.25) is 5.02 Å². The van der Waals surface area contributed by atoms with Gasteiger partial charge in [0.25, 0.3) is 11.5 Å². The molecule has 1 fully saturated rings. The number of aryl methyl sites for hydroxylation is 1. The van der Waals surface area contributed by atoms with Crippen LogP contribution in [0.15, 0.2) is 41.7 Å². The first-order chi connectivity index (χ1) is 19.2. The molecule has 3 aromatic heterocycles. The van der Waals surface area contributed by atoms with Gasteiger partial charge in [0, 0.05) is 38.0 Å². The number of nitrogens with zero attached hydrogens (tertiary/aromatic N) is 5. The number of morpholine rings is 1. The molecule has 1 aromatic carbocycles. The number of nitrogens with two attached hydrogens (primary N) is 1. The van der Waals surface area contributed by atoms with Gasteiger partial charge in [-0.3, -0.25) is 14.4 Å². The first kappa shape index (κ1) is 27.0. The molecule has 0 radical (unpaired) electrons. The van der Waals surface area contributed by atoms with Crippen molar-refractivity contribution in [3.8, 4) is 22.6 Å². The SMILES string of the molecule is COc1cc(-c2cn(CC(=O)Nc3cc(N4CCOCC4)ncc3Cl)c3ncn(C)c(=O)c23)cc(C(N)=O)c1O. The third-order valence-electron chi connectivity index (χ3n) is 6.57. The predicted molar refractivity (Wildman–Crippen MR) is 148 cm³/mol. The summed E-state index contributed by atoms with van der Waals surface area (Å²) in [5.41, 5.74) is 6.26. The highest BCUT2D eigenvalue weighted by atomic mass is 35.5. The van der Waals surface area contributed by atoms with Crippen LogP contribution in [0, 0.1) is 0 Å². The summed E-state index contributed by atoms with van der Waals surface area (Å²) in [6.07, 6.45) is 4.40. The van der Waals surface area contributed by atoms with Gasteiger partial charge in [-0.1, -0.05) is 11.6 Å². The van der Waals surface area contributed by atoms with Crippen LogP contribution in [0.25, 0.3) is 22.2 Å². The topological polar surface area (TPSA) is 167 Å². The van der Waals surface area contributed by atoms with Crippen molar-refractivity contribution in [1.82, 2.24) is 19.1 Å². The van der Waals surface area contributed by atoms with Crippen LogP contribution in [0.1, 0.15) is 10.4 Å². The number of fused-ring (bicyclic) bond motifs is 1. The van der Waals surface area contributed by atoms with E-state index in [-0.39, 0.29) is 39.5 Å². The number of aromatic nitrogens is 4. The highest BCUT2D eigenvalue weighted by molar-refractivity contribution is 6.33. The van der Waals surface area contributed by atoms with Gasteiger partial charge in [-0.2, -0.15) is 0 Å². The molecule has 0 aliphatic carbocycles. The molecule has 14 heteroatoms. The number of phenols is 1. The van der Waals surface area contributed by atoms with Gasteiger partial charge in [-0.25, -0.2) is 9.97 Å². The largest absolute Gasteiger partial charge is 0.504 e. The number of rotatable bonds is 7. The molecular weight excluding hydrogens is 542 g/mol. The van der Waals surface area contributed by atoms with Crippen molar-refractivity contribution in [1.29, 1.82) is 0 Å². The Balaban J connectivity index is 1.52. The molecule has 13 nitrogen and oxygen atoms in total. The minimum Gasteiger partial charge on any atom is -0.504 e. The third kappa shape index (κ3) is 5.03. The molecule has 4 aromatic rings. The summed E-state index contributed by atoms with van der Waals surface area (Å²) < 4.78 is 13.4. The number of carbonyl (C=O) groups is 2. The summed E-state index contributed by atoms with van der Waals surface area (Å²) in [7, 11) is 2.87.